The van der Waals surface area contributed by atoms with Gasteiger partial charge in [0.2, 0.25) is 5.91 Å². The molecule has 0 saturated heterocycles. The van der Waals surface area contributed by atoms with Gasteiger partial charge >= 0.3 is 0 Å². The Kier molecular flexibility index (Phi) is 8.28. The SMILES string of the molecule is CCCOc1ccc(CNCCNC(C)=O)cc1OCC. The first-order chi connectivity index (χ1) is 10.2. The largest absolute Gasteiger partial charge is 0.490 e. The van der Waals surface area contributed by atoms with Crippen LogP contribution in [0, 0.1) is 0 Å². The van der Waals surface area contributed by atoms with Gasteiger partial charge in [-0.25, -0.2) is 0 Å². The average Bonchev–Trinajstić information content (AvgIpc) is 2.46. The molecule has 1 amide bonds. The maximum atomic E-state index is 10.7. The molecule has 0 heterocycles. The van der Waals surface area contributed by atoms with Gasteiger partial charge in [-0.15, -0.1) is 0 Å². The summed E-state index contributed by atoms with van der Waals surface area (Å²) < 4.78 is 11.3. The number of hydrogen-bond acceptors (Lipinski definition) is 4. The van der Waals surface area contributed by atoms with Crippen molar-refractivity contribution in [3.05, 3.63) is 23.8 Å². The van der Waals surface area contributed by atoms with Gasteiger partial charge < -0.3 is 20.1 Å². The summed E-state index contributed by atoms with van der Waals surface area (Å²) in [6.07, 6.45) is 0.970. The number of nitrogens with one attached hydrogen (secondary N) is 2. The normalized spacial score (nSPS) is 10.2. The van der Waals surface area contributed by atoms with E-state index in [2.05, 4.69) is 17.6 Å². The molecule has 0 radical (unpaired) electrons. The van der Waals surface area contributed by atoms with Crippen molar-refractivity contribution >= 4 is 5.91 Å². The maximum absolute atomic E-state index is 10.7. The van der Waals surface area contributed by atoms with E-state index in [1.807, 2.05) is 25.1 Å². The Hall–Kier alpha value is -1.75. The van der Waals surface area contributed by atoms with Gasteiger partial charge in [-0.05, 0) is 31.0 Å². The van der Waals surface area contributed by atoms with Gasteiger partial charge in [0.1, 0.15) is 0 Å². The number of benzene rings is 1. The van der Waals surface area contributed by atoms with Gasteiger partial charge in [-0.1, -0.05) is 13.0 Å². The lowest BCUT2D eigenvalue weighted by atomic mass is 10.2. The number of amides is 1. The monoisotopic (exact) mass is 294 g/mol. The molecule has 0 spiro atoms. The first kappa shape index (κ1) is 17.3. The van der Waals surface area contributed by atoms with Crippen LogP contribution in [0.25, 0.3) is 0 Å². The lowest BCUT2D eigenvalue weighted by Gasteiger charge is -2.13. The van der Waals surface area contributed by atoms with Crippen molar-refractivity contribution < 1.29 is 14.3 Å². The molecule has 1 rings (SSSR count). The fourth-order valence-corrected chi connectivity index (χ4v) is 1.82. The Morgan fingerprint density at radius 2 is 1.95 bits per heavy atom. The molecule has 1 aromatic rings. The molecule has 2 N–H and O–H groups in total. The Balaban J connectivity index is 2.50. The van der Waals surface area contributed by atoms with Crippen molar-refractivity contribution in [3.63, 3.8) is 0 Å². The van der Waals surface area contributed by atoms with Gasteiger partial charge in [0.05, 0.1) is 13.2 Å². The molecule has 0 aliphatic carbocycles. The van der Waals surface area contributed by atoms with Crippen LogP contribution in [-0.4, -0.2) is 32.2 Å². The molecule has 1 aromatic carbocycles. The van der Waals surface area contributed by atoms with Crippen molar-refractivity contribution in [2.45, 2.75) is 33.7 Å². The highest BCUT2D eigenvalue weighted by Crippen LogP contribution is 2.28. The summed E-state index contributed by atoms with van der Waals surface area (Å²) in [6, 6.07) is 5.98. The Labute approximate surface area is 127 Å². The summed E-state index contributed by atoms with van der Waals surface area (Å²) in [4.78, 5) is 10.7. The highest BCUT2D eigenvalue weighted by Gasteiger charge is 2.06. The van der Waals surface area contributed by atoms with Gasteiger partial charge in [0.25, 0.3) is 0 Å². The number of rotatable bonds is 10. The van der Waals surface area contributed by atoms with Crippen molar-refractivity contribution in [2.24, 2.45) is 0 Å². The second-order valence-electron chi connectivity index (χ2n) is 4.72. The summed E-state index contributed by atoms with van der Waals surface area (Å²) in [6.45, 7) is 8.95. The van der Waals surface area contributed by atoms with E-state index in [4.69, 9.17) is 9.47 Å². The van der Waals surface area contributed by atoms with Crippen LogP contribution in [0.4, 0.5) is 0 Å². The predicted molar refractivity (Wildman–Crippen MR) is 83.8 cm³/mol. The highest BCUT2D eigenvalue weighted by molar-refractivity contribution is 5.72. The summed E-state index contributed by atoms with van der Waals surface area (Å²) in [5, 5.41) is 6.03. The van der Waals surface area contributed by atoms with E-state index < -0.39 is 0 Å². The third kappa shape index (κ3) is 6.99. The van der Waals surface area contributed by atoms with E-state index in [0.29, 0.717) is 19.8 Å². The Morgan fingerprint density at radius 3 is 2.62 bits per heavy atom. The molecule has 0 atom stereocenters. The number of carbonyl (C=O) groups is 1. The third-order valence-corrected chi connectivity index (χ3v) is 2.77. The van der Waals surface area contributed by atoms with E-state index >= 15 is 0 Å². The molecule has 5 nitrogen and oxygen atoms in total. The summed E-state index contributed by atoms with van der Waals surface area (Å²) in [5.41, 5.74) is 1.13. The zero-order valence-electron chi connectivity index (χ0n) is 13.2. The van der Waals surface area contributed by atoms with Gasteiger partial charge in [-0.3, -0.25) is 4.79 Å². The van der Waals surface area contributed by atoms with Crippen LogP contribution < -0.4 is 20.1 Å². The van der Waals surface area contributed by atoms with Crippen molar-refractivity contribution in [2.75, 3.05) is 26.3 Å². The Bertz CT molecular complexity index is 436. The smallest absolute Gasteiger partial charge is 0.216 e. The van der Waals surface area contributed by atoms with Crippen molar-refractivity contribution in [3.8, 4) is 11.5 Å². The molecule has 0 bridgehead atoms. The minimum atomic E-state index is -0.00661. The molecule has 0 unspecified atom stereocenters. The molecular formula is C16H26N2O3. The van der Waals surface area contributed by atoms with E-state index in [9.17, 15) is 4.79 Å². The van der Waals surface area contributed by atoms with Gasteiger partial charge in [0.15, 0.2) is 11.5 Å². The average molecular weight is 294 g/mol. The number of hydrogen-bond donors (Lipinski definition) is 2. The van der Waals surface area contributed by atoms with Crippen LogP contribution in [0.3, 0.4) is 0 Å². The number of carbonyl (C=O) groups excluding carboxylic acids is 1. The van der Waals surface area contributed by atoms with E-state index in [1.165, 1.54) is 6.92 Å². The van der Waals surface area contributed by atoms with Crippen LogP contribution in [0.5, 0.6) is 11.5 Å². The number of ether oxygens (including phenoxy) is 2. The second kappa shape index (κ2) is 10.0. The van der Waals surface area contributed by atoms with Gasteiger partial charge in [0, 0.05) is 26.6 Å². The fraction of sp³-hybridized carbons (Fsp3) is 0.562. The summed E-state index contributed by atoms with van der Waals surface area (Å²) in [7, 11) is 0. The first-order valence-corrected chi connectivity index (χ1v) is 7.51. The van der Waals surface area contributed by atoms with Crippen LogP contribution in [0.1, 0.15) is 32.8 Å². The molecule has 118 valence electrons. The molecule has 21 heavy (non-hydrogen) atoms. The van der Waals surface area contributed by atoms with Crippen molar-refractivity contribution in [1.82, 2.24) is 10.6 Å². The molecule has 0 saturated carbocycles. The molecule has 5 heteroatoms. The van der Waals surface area contributed by atoms with E-state index in [1.54, 1.807) is 0 Å². The summed E-state index contributed by atoms with van der Waals surface area (Å²) >= 11 is 0. The first-order valence-electron chi connectivity index (χ1n) is 7.51. The van der Waals surface area contributed by atoms with E-state index in [0.717, 1.165) is 36.6 Å². The summed E-state index contributed by atoms with van der Waals surface area (Å²) in [5.74, 6) is 1.57. The third-order valence-electron chi connectivity index (χ3n) is 2.77. The topological polar surface area (TPSA) is 59.6 Å². The Morgan fingerprint density at radius 1 is 1.14 bits per heavy atom. The predicted octanol–water partition coefficient (Wildman–Crippen LogP) is 2.10. The van der Waals surface area contributed by atoms with Crippen LogP contribution >= 0.6 is 0 Å². The molecule has 0 fully saturated rings. The fourth-order valence-electron chi connectivity index (χ4n) is 1.82. The zero-order valence-corrected chi connectivity index (χ0v) is 13.2. The lowest BCUT2D eigenvalue weighted by Crippen LogP contribution is -2.29. The van der Waals surface area contributed by atoms with E-state index in [-0.39, 0.29) is 5.91 Å². The molecule has 0 aliphatic rings. The highest BCUT2D eigenvalue weighted by atomic mass is 16.5. The zero-order chi connectivity index (χ0) is 15.5. The quantitative estimate of drug-likeness (QED) is 0.649. The van der Waals surface area contributed by atoms with Crippen LogP contribution in [0.15, 0.2) is 18.2 Å². The molecule has 0 aromatic heterocycles. The molecule has 0 aliphatic heterocycles. The van der Waals surface area contributed by atoms with Gasteiger partial charge in [-0.2, -0.15) is 0 Å². The standard InChI is InChI=1S/C16H26N2O3/c1-4-10-21-15-7-6-14(11-16(15)20-5-2)12-17-8-9-18-13(3)19/h6-7,11,17H,4-5,8-10,12H2,1-3H3,(H,18,19). The maximum Gasteiger partial charge on any atom is 0.216 e. The lowest BCUT2D eigenvalue weighted by molar-refractivity contribution is -0.118. The van der Waals surface area contributed by atoms with Crippen molar-refractivity contribution in [1.29, 1.82) is 0 Å². The molecular weight excluding hydrogens is 268 g/mol. The van der Waals surface area contributed by atoms with Crippen LogP contribution in [-0.2, 0) is 11.3 Å². The van der Waals surface area contributed by atoms with Crippen LogP contribution in [0.2, 0.25) is 0 Å². The minimum absolute atomic E-state index is 0.00661. The second-order valence-corrected chi connectivity index (χ2v) is 4.72. The minimum Gasteiger partial charge on any atom is -0.490 e.